The smallest absolute Gasteiger partial charge is 0.240 e. The lowest BCUT2D eigenvalue weighted by Crippen LogP contribution is -2.17. The molecule has 16 heteroatoms. The Kier molecular flexibility index (Phi) is 23.0. The fraction of sp³-hybridized carbons (Fsp3) is 0.600. The minimum Gasteiger partial charge on any atom is -0.487 e. The predicted molar refractivity (Wildman–Crippen MR) is 208 cm³/mol. The van der Waals surface area contributed by atoms with Crippen molar-refractivity contribution < 1.29 is 57.0 Å². The van der Waals surface area contributed by atoms with Crippen molar-refractivity contribution in [2.45, 2.75) is 51.4 Å². The largest absolute Gasteiger partial charge is 0.487 e. The molecule has 0 radical (unpaired) electrons. The summed E-state index contributed by atoms with van der Waals surface area (Å²) in [5.41, 5.74) is 6.70. The Labute approximate surface area is 329 Å². The quantitative estimate of drug-likeness (QED) is 0.170. The van der Waals surface area contributed by atoms with Crippen LogP contribution in [0.3, 0.4) is 0 Å². The second-order valence-corrected chi connectivity index (χ2v) is 12.7. The molecule has 16 nitrogen and oxygen atoms in total. The minimum absolute atomic E-state index is 0.145. The van der Waals surface area contributed by atoms with E-state index >= 15 is 0 Å². The van der Waals surface area contributed by atoms with Crippen molar-refractivity contribution in [3.8, 4) is 23.0 Å². The van der Waals surface area contributed by atoms with E-state index in [1.165, 1.54) is 0 Å². The summed E-state index contributed by atoms with van der Waals surface area (Å²) in [6, 6.07) is 10.9. The number of fused-ring (bicyclic) bond motifs is 2. The van der Waals surface area contributed by atoms with Crippen molar-refractivity contribution in [2.75, 3.05) is 106 Å². The molecule has 0 unspecified atom stereocenters. The number of hydrazone groups is 2. The molecule has 2 N–H and O–H groups in total. The summed E-state index contributed by atoms with van der Waals surface area (Å²) in [6.07, 6.45) is 9.24. The van der Waals surface area contributed by atoms with Crippen LogP contribution >= 0.6 is 0 Å². The number of carbonyl (C=O) groups excluding carboxylic acids is 2. The van der Waals surface area contributed by atoms with E-state index in [0.717, 1.165) is 49.7 Å². The third-order valence-electron chi connectivity index (χ3n) is 8.23. The number of rotatable bonds is 13. The highest BCUT2D eigenvalue weighted by Crippen LogP contribution is 2.29. The lowest BCUT2D eigenvalue weighted by molar-refractivity contribution is -0.122. The van der Waals surface area contributed by atoms with Gasteiger partial charge in [-0.1, -0.05) is 25.7 Å². The summed E-state index contributed by atoms with van der Waals surface area (Å²) in [6.45, 7) is 7.13. The molecule has 0 bridgehead atoms. The van der Waals surface area contributed by atoms with Crippen molar-refractivity contribution in [3.63, 3.8) is 0 Å². The Balaban J connectivity index is 1.05. The van der Waals surface area contributed by atoms with Crippen LogP contribution in [-0.2, 0) is 38.0 Å². The molecular weight excluding hydrogens is 728 g/mol. The van der Waals surface area contributed by atoms with Gasteiger partial charge >= 0.3 is 0 Å². The first-order chi connectivity index (χ1) is 27.7. The zero-order valence-electron chi connectivity index (χ0n) is 32.4. The first-order valence-electron chi connectivity index (χ1n) is 19.6. The van der Waals surface area contributed by atoms with E-state index in [2.05, 4.69) is 21.1 Å². The highest BCUT2D eigenvalue weighted by Gasteiger charge is 2.10. The lowest BCUT2D eigenvalue weighted by Gasteiger charge is -2.13. The second-order valence-electron chi connectivity index (χ2n) is 12.7. The second kappa shape index (κ2) is 29.0. The average Bonchev–Trinajstić information content (AvgIpc) is 3.21. The van der Waals surface area contributed by atoms with Crippen molar-refractivity contribution in [2.24, 2.45) is 10.2 Å². The van der Waals surface area contributed by atoms with E-state index in [1.807, 2.05) is 36.4 Å². The van der Waals surface area contributed by atoms with Crippen LogP contribution < -0.4 is 29.8 Å². The van der Waals surface area contributed by atoms with E-state index in [9.17, 15) is 9.59 Å². The number of unbranched alkanes of at least 4 members (excludes halogenated alkanes) is 5. The van der Waals surface area contributed by atoms with Gasteiger partial charge < -0.3 is 47.4 Å². The van der Waals surface area contributed by atoms with Gasteiger partial charge in [-0.25, -0.2) is 10.9 Å². The van der Waals surface area contributed by atoms with Crippen LogP contribution in [0.2, 0.25) is 0 Å². The maximum Gasteiger partial charge on any atom is 0.240 e. The van der Waals surface area contributed by atoms with E-state index in [1.54, 1.807) is 12.4 Å². The van der Waals surface area contributed by atoms with Gasteiger partial charge in [-0.05, 0) is 60.4 Å². The Morgan fingerprint density at radius 1 is 0.429 bits per heavy atom. The van der Waals surface area contributed by atoms with Gasteiger partial charge in [-0.3, -0.25) is 9.59 Å². The van der Waals surface area contributed by atoms with Crippen molar-refractivity contribution in [1.82, 2.24) is 10.9 Å². The number of hydrogen-bond acceptors (Lipinski definition) is 14. The van der Waals surface area contributed by atoms with E-state index in [4.69, 9.17) is 47.4 Å². The summed E-state index contributed by atoms with van der Waals surface area (Å²) < 4.78 is 56.4. The normalized spacial score (nSPS) is 17.2. The molecule has 4 rings (SSSR count). The van der Waals surface area contributed by atoms with Gasteiger partial charge in [0.25, 0.3) is 0 Å². The van der Waals surface area contributed by atoms with Gasteiger partial charge in [0.1, 0.15) is 26.4 Å². The number of ether oxygens (including phenoxy) is 10. The molecule has 2 amide bonds. The number of nitrogens with one attached hydrogen (secondary N) is 2. The summed E-state index contributed by atoms with van der Waals surface area (Å²) >= 11 is 0. The monoisotopic (exact) mass is 786 g/mol. The van der Waals surface area contributed by atoms with Gasteiger partial charge in [0.05, 0.1) is 91.7 Å². The van der Waals surface area contributed by atoms with Crippen LogP contribution in [0, 0.1) is 0 Å². The van der Waals surface area contributed by atoms with E-state index < -0.39 is 0 Å². The standard InChI is InChI=1S/C40H58N4O12/c45-39(43-41-31-33-9-11-35-37(29-33)55-27-23-51-19-15-47-13-17-49-21-25-53-35)7-5-3-1-2-4-6-8-40(46)44-42-32-34-10-12-36-38(30-34)56-28-24-52-20-16-48-14-18-50-22-26-54-36/h9-12,29-32H,1-8,13-28H2,(H,43,45)(H,44,46)/b41-31+,42-32+. The number of carbonyl (C=O) groups is 2. The average molecular weight is 787 g/mol. The van der Waals surface area contributed by atoms with Crippen LogP contribution in [-0.4, -0.2) is 130 Å². The van der Waals surface area contributed by atoms with Crippen LogP contribution in [0.4, 0.5) is 0 Å². The molecule has 0 spiro atoms. The van der Waals surface area contributed by atoms with Crippen molar-refractivity contribution in [1.29, 1.82) is 0 Å². The molecule has 2 heterocycles. The Morgan fingerprint density at radius 2 is 0.732 bits per heavy atom. The van der Waals surface area contributed by atoms with Crippen molar-refractivity contribution >= 4 is 24.2 Å². The number of nitrogens with zero attached hydrogens (tertiary/aromatic N) is 2. The topological polar surface area (TPSA) is 175 Å². The van der Waals surface area contributed by atoms with Crippen LogP contribution in [0.1, 0.15) is 62.5 Å². The summed E-state index contributed by atoms with van der Waals surface area (Å²) in [5, 5.41) is 8.23. The van der Waals surface area contributed by atoms with Gasteiger partial charge in [-0.15, -0.1) is 0 Å². The van der Waals surface area contributed by atoms with Crippen molar-refractivity contribution in [3.05, 3.63) is 47.5 Å². The van der Waals surface area contributed by atoms with E-state index in [0.29, 0.717) is 142 Å². The third kappa shape index (κ3) is 20.0. The summed E-state index contributed by atoms with van der Waals surface area (Å²) in [4.78, 5) is 24.7. The molecule has 0 aromatic heterocycles. The molecule has 56 heavy (non-hydrogen) atoms. The number of hydrogen-bond donors (Lipinski definition) is 2. The summed E-state index contributed by atoms with van der Waals surface area (Å²) in [7, 11) is 0. The zero-order valence-corrected chi connectivity index (χ0v) is 32.4. The molecule has 0 atom stereocenters. The molecule has 2 aromatic rings. The fourth-order valence-corrected chi connectivity index (χ4v) is 5.35. The maximum atomic E-state index is 12.3. The molecule has 0 aliphatic carbocycles. The Morgan fingerprint density at radius 3 is 1.09 bits per heavy atom. The van der Waals surface area contributed by atoms with Crippen LogP contribution in [0.15, 0.2) is 46.6 Å². The minimum atomic E-state index is -0.145. The third-order valence-corrected chi connectivity index (χ3v) is 8.23. The number of amides is 2. The lowest BCUT2D eigenvalue weighted by atomic mass is 10.1. The highest BCUT2D eigenvalue weighted by atomic mass is 16.6. The molecule has 0 saturated heterocycles. The number of benzene rings is 2. The Bertz CT molecular complexity index is 1350. The molecule has 2 aliphatic heterocycles. The fourth-order valence-electron chi connectivity index (χ4n) is 5.35. The van der Waals surface area contributed by atoms with Gasteiger partial charge in [-0.2, -0.15) is 10.2 Å². The molecule has 310 valence electrons. The predicted octanol–water partition coefficient (Wildman–Crippen LogP) is 4.05. The highest BCUT2D eigenvalue weighted by molar-refractivity contribution is 5.84. The molecule has 0 fully saturated rings. The van der Waals surface area contributed by atoms with Gasteiger partial charge in [0.2, 0.25) is 11.8 Å². The maximum absolute atomic E-state index is 12.3. The summed E-state index contributed by atoms with van der Waals surface area (Å²) in [5.74, 6) is 2.02. The molecule has 2 aliphatic rings. The van der Waals surface area contributed by atoms with Gasteiger partial charge in [0.15, 0.2) is 23.0 Å². The molecular formula is C40H58N4O12. The first-order valence-corrected chi connectivity index (χ1v) is 19.6. The first kappa shape index (κ1) is 44.4. The van der Waals surface area contributed by atoms with Crippen LogP contribution in [0.5, 0.6) is 23.0 Å². The molecule has 0 saturated carbocycles. The zero-order chi connectivity index (χ0) is 39.1. The molecule has 2 aromatic carbocycles. The Hall–Kier alpha value is -4.32. The SMILES string of the molecule is O=C(CCCCCCCCC(=O)N/N=C/c1ccc2c(c1)OCCOCCOCCOCCO2)N/N=C/c1ccc2c(c1)OCCOCCOCCOCCO2. The van der Waals surface area contributed by atoms with Crippen LogP contribution in [0.25, 0.3) is 0 Å². The van der Waals surface area contributed by atoms with Gasteiger partial charge in [0, 0.05) is 12.8 Å². The van der Waals surface area contributed by atoms with E-state index in [-0.39, 0.29) is 11.8 Å².